The fourth-order valence-corrected chi connectivity index (χ4v) is 1.50. The summed E-state index contributed by atoms with van der Waals surface area (Å²) in [6.07, 6.45) is 0.934. The largest absolute Gasteiger partial charge is 0.281 e. The summed E-state index contributed by atoms with van der Waals surface area (Å²) in [4.78, 5) is 0. The molecule has 0 unspecified atom stereocenters. The molecule has 0 spiro atoms. The average Bonchev–Trinajstić information content (AvgIpc) is 2.67. The summed E-state index contributed by atoms with van der Waals surface area (Å²) in [6.45, 7) is 2.08. The predicted molar refractivity (Wildman–Crippen MR) is 59.9 cm³/mol. The molecular weight excluding hydrogens is 240 g/mol. The number of aryl methyl sites for hydroxylation is 1. The third-order valence-electron chi connectivity index (χ3n) is 2.04. The van der Waals surface area contributed by atoms with Crippen LogP contribution in [0.5, 0.6) is 0 Å². The lowest BCUT2D eigenvalue weighted by molar-refractivity contribution is 0.975. The van der Waals surface area contributed by atoms with Crippen molar-refractivity contribution in [2.24, 2.45) is 0 Å². The maximum absolute atomic E-state index is 4.19. The van der Waals surface area contributed by atoms with Crippen LogP contribution in [0.15, 0.2) is 28.7 Å². The van der Waals surface area contributed by atoms with E-state index in [1.807, 2.05) is 24.3 Å². The van der Waals surface area contributed by atoms with Crippen molar-refractivity contribution in [2.75, 3.05) is 0 Å². The highest BCUT2D eigenvalue weighted by molar-refractivity contribution is 9.10. The molecule has 3 heteroatoms. The summed E-state index contributed by atoms with van der Waals surface area (Å²) in [5.74, 6) is 0. The number of nitrogens with one attached hydrogen (secondary N) is 1. The molecule has 1 heterocycles. The highest BCUT2D eigenvalue weighted by Crippen LogP contribution is 2.19. The van der Waals surface area contributed by atoms with Gasteiger partial charge in [0.1, 0.15) is 5.69 Å². The minimum Gasteiger partial charge on any atom is -0.281 e. The zero-order valence-corrected chi connectivity index (χ0v) is 9.43. The first-order valence-corrected chi connectivity index (χ1v) is 5.31. The van der Waals surface area contributed by atoms with Crippen LogP contribution in [0.2, 0.25) is 0 Å². The monoisotopic (exact) mass is 249 g/mol. The van der Waals surface area contributed by atoms with Gasteiger partial charge in [0.25, 0.3) is 0 Å². The van der Waals surface area contributed by atoms with Gasteiger partial charge in [0.15, 0.2) is 0 Å². The molecule has 0 saturated heterocycles. The Morgan fingerprint density at radius 2 is 2.07 bits per heavy atom. The summed E-state index contributed by atoms with van der Waals surface area (Å²) >= 11 is 3.40. The summed E-state index contributed by atoms with van der Waals surface area (Å²) < 4.78 is 1.08. The van der Waals surface area contributed by atoms with E-state index in [9.17, 15) is 0 Å². The molecule has 14 heavy (non-hydrogen) atoms. The van der Waals surface area contributed by atoms with Gasteiger partial charge in [-0.05, 0) is 18.6 Å². The van der Waals surface area contributed by atoms with Crippen LogP contribution < -0.4 is 0 Å². The fourth-order valence-electron chi connectivity index (χ4n) is 1.23. The highest BCUT2D eigenvalue weighted by Gasteiger charge is 2.02. The van der Waals surface area contributed by atoms with Crippen LogP contribution in [-0.2, 0) is 6.42 Å². The molecule has 2 aromatic rings. The number of hydrogen-bond acceptors (Lipinski definition) is 1. The van der Waals surface area contributed by atoms with Gasteiger partial charge in [-0.3, -0.25) is 5.10 Å². The minimum absolute atomic E-state index is 0.884. The van der Waals surface area contributed by atoms with Crippen molar-refractivity contribution in [3.8, 4) is 11.3 Å². The third-order valence-corrected chi connectivity index (χ3v) is 2.57. The number of hydrogen-bond donors (Lipinski definition) is 1. The quantitative estimate of drug-likeness (QED) is 0.871. The van der Waals surface area contributed by atoms with Gasteiger partial charge in [0.2, 0.25) is 0 Å². The van der Waals surface area contributed by atoms with E-state index in [1.165, 1.54) is 0 Å². The van der Waals surface area contributed by atoms with Crippen molar-refractivity contribution in [1.82, 2.24) is 10.2 Å². The number of rotatable bonds is 2. The Balaban J connectivity index is 2.34. The molecule has 1 aromatic heterocycles. The average molecular weight is 250 g/mol. The van der Waals surface area contributed by atoms with Crippen LogP contribution in [0.3, 0.4) is 0 Å². The Morgan fingerprint density at radius 1 is 1.36 bits per heavy atom. The normalized spacial score (nSPS) is 10.4. The molecular formula is C11H10BrN2. The number of aromatic amines is 1. The van der Waals surface area contributed by atoms with Gasteiger partial charge in [-0.1, -0.05) is 35.0 Å². The van der Waals surface area contributed by atoms with Crippen molar-refractivity contribution < 1.29 is 0 Å². The van der Waals surface area contributed by atoms with Crippen molar-refractivity contribution in [3.05, 3.63) is 40.5 Å². The first-order valence-electron chi connectivity index (χ1n) is 4.52. The molecule has 0 amide bonds. The van der Waals surface area contributed by atoms with Crippen LogP contribution >= 0.6 is 15.9 Å². The lowest BCUT2D eigenvalue weighted by atomic mass is 10.1. The van der Waals surface area contributed by atoms with Crippen LogP contribution in [0.4, 0.5) is 0 Å². The third kappa shape index (κ3) is 1.87. The Hall–Kier alpha value is -1.09. The number of halogens is 1. The Labute approximate surface area is 91.5 Å². The molecule has 0 aliphatic heterocycles. The van der Waals surface area contributed by atoms with E-state index < -0.39 is 0 Å². The van der Waals surface area contributed by atoms with Gasteiger partial charge in [-0.15, -0.1) is 0 Å². The fraction of sp³-hybridized carbons (Fsp3) is 0.182. The molecule has 2 nitrogen and oxygen atoms in total. The Kier molecular flexibility index (Phi) is 2.68. The van der Waals surface area contributed by atoms with Crippen molar-refractivity contribution in [1.29, 1.82) is 0 Å². The van der Waals surface area contributed by atoms with Gasteiger partial charge in [0.05, 0.1) is 0 Å². The Bertz CT molecular complexity index is 417. The topological polar surface area (TPSA) is 28.7 Å². The van der Waals surface area contributed by atoms with Gasteiger partial charge < -0.3 is 0 Å². The van der Waals surface area contributed by atoms with E-state index in [4.69, 9.17) is 0 Å². The van der Waals surface area contributed by atoms with E-state index in [0.717, 1.165) is 27.8 Å². The lowest BCUT2D eigenvalue weighted by Crippen LogP contribution is -1.77. The molecule has 0 fully saturated rings. The predicted octanol–water partition coefficient (Wildman–Crippen LogP) is 3.20. The number of benzene rings is 1. The maximum atomic E-state index is 4.19. The standard InChI is InChI=1S/C11H10BrN2/c1-2-10-7-11(14-13-10)8-3-5-9(12)6-4-8/h3-6H,2H2,1H3,(H,13,14). The number of aromatic nitrogens is 2. The second kappa shape index (κ2) is 3.96. The lowest BCUT2D eigenvalue weighted by Gasteiger charge is -1.94. The smallest absolute Gasteiger partial charge is 0.100 e. The highest BCUT2D eigenvalue weighted by atomic mass is 79.9. The minimum atomic E-state index is 0.884. The molecule has 0 bridgehead atoms. The molecule has 0 saturated carbocycles. The summed E-state index contributed by atoms with van der Waals surface area (Å²) in [5.41, 5.74) is 3.02. The van der Waals surface area contributed by atoms with E-state index in [-0.39, 0.29) is 0 Å². The summed E-state index contributed by atoms with van der Waals surface area (Å²) in [7, 11) is 0. The van der Waals surface area contributed by atoms with Crippen LogP contribution in [0, 0.1) is 6.07 Å². The molecule has 0 aliphatic rings. The number of H-pyrrole nitrogens is 1. The van der Waals surface area contributed by atoms with E-state index in [2.05, 4.69) is 39.1 Å². The van der Waals surface area contributed by atoms with Crippen LogP contribution in [0.25, 0.3) is 11.3 Å². The van der Waals surface area contributed by atoms with Crippen LogP contribution in [-0.4, -0.2) is 10.2 Å². The molecule has 1 N–H and O–H groups in total. The zero-order valence-electron chi connectivity index (χ0n) is 7.84. The van der Waals surface area contributed by atoms with Gasteiger partial charge in [-0.2, -0.15) is 5.10 Å². The van der Waals surface area contributed by atoms with Crippen molar-refractivity contribution in [3.63, 3.8) is 0 Å². The number of nitrogens with zero attached hydrogens (tertiary/aromatic N) is 1. The first kappa shape index (κ1) is 9.46. The maximum Gasteiger partial charge on any atom is 0.100 e. The second-order valence-electron chi connectivity index (χ2n) is 3.04. The molecule has 71 valence electrons. The van der Waals surface area contributed by atoms with Gasteiger partial charge in [-0.25, -0.2) is 0 Å². The van der Waals surface area contributed by atoms with Crippen molar-refractivity contribution in [2.45, 2.75) is 13.3 Å². The molecule has 0 atom stereocenters. The molecule has 1 aromatic carbocycles. The van der Waals surface area contributed by atoms with E-state index >= 15 is 0 Å². The summed E-state index contributed by atoms with van der Waals surface area (Å²) in [6, 6.07) is 11.3. The molecule has 1 radical (unpaired) electrons. The second-order valence-corrected chi connectivity index (χ2v) is 3.95. The summed E-state index contributed by atoms with van der Waals surface area (Å²) in [5, 5.41) is 7.14. The molecule has 2 rings (SSSR count). The molecule has 0 aliphatic carbocycles. The van der Waals surface area contributed by atoms with E-state index in [0.29, 0.717) is 0 Å². The first-order chi connectivity index (χ1) is 6.79. The van der Waals surface area contributed by atoms with Crippen molar-refractivity contribution >= 4 is 15.9 Å². The van der Waals surface area contributed by atoms with Gasteiger partial charge in [0, 0.05) is 21.8 Å². The SMILES string of the molecule is CCc1[c]c(-c2ccc(Br)cc2)n[nH]1. The van der Waals surface area contributed by atoms with Gasteiger partial charge >= 0.3 is 0 Å². The zero-order chi connectivity index (χ0) is 9.97. The van der Waals surface area contributed by atoms with Crippen LogP contribution in [0.1, 0.15) is 12.6 Å². The Morgan fingerprint density at radius 3 is 2.64 bits per heavy atom. The van der Waals surface area contributed by atoms with E-state index in [1.54, 1.807) is 0 Å².